The van der Waals surface area contributed by atoms with E-state index in [1.54, 1.807) is 11.6 Å². The van der Waals surface area contributed by atoms with E-state index >= 15 is 0 Å². The summed E-state index contributed by atoms with van der Waals surface area (Å²) in [7, 11) is 0. The Hall–Kier alpha value is -2.71. The Morgan fingerprint density at radius 3 is 2.48 bits per heavy atom. The molecule has 0 spiro atoms. The van der Waals surface area contributed by atoms with Crippen molar-refractivity contribution in [3.05, 3.63) is 35.5 Å². The van der Waals surface area contributed by atoms with Gasteiger partial charge in [-0.3, -0.25) is 0 Å². The van der Waals surface area contributed by atoms with Gasteiger partial charge < -0.3 is 4.52 Å². The summed E-state index contributed by atoms with van der Waals surface area (Å²) in [5, 5.41) is 11.7. The molecule has 0 saturated carbocycles. The number of alkyl halides is 3. The standard InChI is InChI=1S/C14H12F3N5O/c1-3-22-11(8(2)19-21-22)13-18-12(20-23-13)9-4-6-10(7-5-9)14(15,16)17/h4-7H,3H2,1-2H3. The van der Waals surface area contributed by atoms with E-state index in [1.807, 2.05) is 6.92 Å². The maximum Gasteiger partial charge on any atom is 0.416 e. The molecule has 0 fully saturated rings. The lowest BCUT2D eigenvalue weighted by Crippen LogP contribution is -2.04. The lowest BCUT2D eigenvalue weighted by molar-refractivity contribution is -0.137. The first-order valence-corrected chi connectivity index (χ1v) is 6.82. The van der Waals surface area contributed by atoms with Crippen LogP contribution in [0.5, 0.6) is 0 Å². The van der Waals surface area contributed by atoms with E-state index in [1.165, 1.54) is 12.1 Å². The minimum atomic E-state index is -4.38. The van der Waals surface area contributed by atoms with Crippen LogP contribution in [-0.4, -0.2) is 25.1 Å². The van der Waals surface area contributed by atoms with Crippen molar-refractivity contribution in [2.45, 2.75) is 26.6 Å². The summed E-state index contributed by atoms with van der Waals surface area (Å²) in [5.41, 5.74) is 0.933. The van der Waals surface area contributed by atoms with E-state index in [0.717, 1.165) is 12.1 Å². The third-order valence-corrected chi connectivity index (χ3v) is 3.30. The van der Waals surface area contributed by atoms with Gasteiger partial charge in [-0.2, -0.15) is 18.2 Å². The van der Waals surface area contributed by atoms with E-state index in [9.17, 15) is 13.2 Å². The number of rotatable bonds is 3. The van der Waals surface area contributed by atoms with Gasteiger partial charge in [-0.25, -0.2) is 4.68 Å². The van der Waals surface area contributed by atoms with Gasteiger partial charge in [0.25, 0.3) is 5.89 Å². The molecule has 0 aliphatic carbocycles. The van der Waals surface area contributed by atoms with Crippen LogP contribution in [0.4, 0.5) is 13.2 Å². The summed E-state index contributed by atoms with van der Waals surface area (Å²) in [4.78, 5) is 4.22. The van der Waals surface area contributed by atoms with Crippen molar-refractivity contribution in [3.63, 3.8) is 0 Å². The van der Waals surface area contributed by atoms with Crippen LogP contribution < -0.4 is 0 Å². The number of aryl methyl sites for hydroxylation is 2. The zero-order valence-electron chi connectivity index (χ0n) is 12.3. The highest BCUT2D eigenvalue weighted by molar-refractivity contribution is 5.59. The van der Waals surface area contributed by atoms with Gasteiger partial charge in [-0.05, 0) is 26.0 Å². The third-order valence-electron chi connectivity index (χ3n) is 3.30. The van der Waals surface area contributed by atoms with E-state index in [2.05, 4.69) is 20.5 Å². The van der Waals surface area contributed by atoms with Gasteiger partial charge in [0, 0.05) is 12.1 Å². The predicted octanol–water partition coefficient (Wildman–Crippen LogP) is 3.34. The first-order valence-electron chi connectivity index (χ1n) is 6.82. The van der Waals surface area contributed by atoms with Crippen LogP contribution in [0.25, 0.3) is 23.0 Å². The molecule has 0 saturated heterocycles. The van der Waals surface area contributed by atoms with Gasteiger partial charge in [0.05, 0.1) is 11.3 Å². The quantitative estimate of drug-likeness (QED) is 0.739. The fourth-order valence-corrected chi connectivity index (χ4v) is 2.13. The van der Waals surface area contributed by atoms with Crippen LogP contribution in [0.1, 0.15) is 18.2 Å². The highest BCUT2D eigenvalue weighted by atomic mass is 19.4. The van der Waals surface area contributed by atoms with Crippen LogP contribution in [0.2, 0.25) is 0 Å². The molecular weight excluding hydrogens is 311 g/mol. The van der Waals surface area contributed by atoms with Crippen molar-refractivity contribution < 1.29 is 17.7 Å². The molecule has 1 aromatic carbocycles. The Morgan fingerprint density at radius 2 is 1.87 bits per heavy atom. The average Bonchev–Trinajstić information content (AvgIpc) is 3.12. The molecule has 0 bridgehead atoms. The highest BCUT2D eigenvalue weighted by Gasteiger charge is 2.30. The van der Waals surface area contributed by atoms with Crippen LogP contribution in [-0.2, 0) is 12.7 Å². The van der Waals surface area contributed by atoms with Crippen LogP contribution in [0, 0.1) is 6.92 Å². The molecule has 0 radical (unpaired) electrons. The predicted molar refractivity (Wildman–Crippen MR) is 74.2 cm³/mol. The normalized spacial score (nSPS) is 11.9. The lowest BCUT2D eigenvalue weighted by atomic mass is 10.1. The largest absolute Gasteiger partial charge is 0.416 e. The van der Waals surface area contributed by atoms with Crippen molar-refractivity contribution in [3.8, 4) is 23.0 Å². The Balaban J connectivity index is 1.94. The molecule has 0 atom stereocenters. The molecule has 120 valence electrons. The van der Waals surface area contributed by atoms with E-state index in [-0.39, 0.29) is 11.7 Å². The SMILES string of the molecule is CCn1nnc(C)c1-c1nc(-c2ccc(C(F)(F)F)cc2)no1. The maximum atomic E-state index is 12.6. The fraction of sp³-hybridized carbons (Fsp3) is 0.286. The number of hydrogen-bond donors (Lipinski definition) is 0. The van der Waals surface area contributed by atoms with Crippen molar-refractivity contribution in [2.24, 2.45) is 0 Å². The summed E-state index contributed by atoms with van der Waals surface area (Å²) < 4.78 is 44.5. The molecule has 3 rings (SSSR count). The molecule has 3 aromatic rings. The van der Waals surface area contributed by atoms with Crippen LogP contribution in [0.3, 0.4) is 0 Å². The molecule has 0 aliphatic rings. The Morgan fingerprint density at radius 1 is 1.17 bits per heavy atom. The van der Waals surface area contributed by atoms with Gasteiger partial charge in [0.15, 0.2) is 0 Å². The molecule has 0 unspecified atom stereocenters. The second-order valence-electron chi connectivity index (χ2n) is 4.84. The zero-order chi connectivity index (χ0) is 16.6. The Labute approximate surface area is 128 Å². The van der Waals surface area contributed by atoms with Crippen molar-refractivity contribution in [1.29, 1.82) is 0 Å². The topological polar surface area (TPSA) is 69.6 Å². The summed E-state index contributed by atoms with van der Waals surface area (Å²) in [6.07, 6.45) is -4.38. The molecule has 9 heteroatoms. The minimum absolute atomic E-state index is 0.206. The average molecular weight is 323 g/mol. The van der Waals surface area contributed by atoms with Gasteiger partial charge in [-0.15, -0.1) is 5.10 Å². The first-order chi connectivity index (χ1) is 10.9. The fourth-order valence-electron chi connectivity index (χ4n) is 2.13. The molecule has 0 aliphatic heterocycles. The molecule has 23 heavy (non-hydrogen) atoms. The summed E-state index contributed by atoms with van der Waals surface area (Å²) in [6.45, 7) is 4.23. The summed E-state index contributed by atoms with van der Waals surface area (Å²) >= 11 is 0. The molecule has 0 amide bonds. The number of nitrogens with zero attached hydrogens (tertiary/aromatic N) is 5. The third kappa shape index (κ3) is 2.81. The molecule has 6 nitrogen and oxygen atoms in total. The Bertz CT molecular complexity index is 820. The highest BCUT2D eigenvalue weighted by Crippen LogP contribution is 2.31. The van der Waals surface area contributed by atoms with Gasteiger partial charge in [-0.1, -0.05) is 22.5 Å². The summed E-state index contributed by atoms with van der Waals surface area (Å²) in [5.74, 6) is 0.432. The van der Waals surface area contributed by atoms with Gasteiger partial charge in [0.2, 0.25) is 5.82 Å². The minimum Gasteiger partial charge on any atom is -0.332 e. The second kappa shape index (κ2) is 5.49. The van der Waals surface area contributed by atoms with Gasteiger partial charge in [0.1, 0.15) is 5.69 Å². The van der Waals surface area contributed by atoms with Crippen molar-refractivity contribution in [1.82, 2.24) is 25.1 Å². The van der Waals surface area contributed by atoms with E-state index in [4.69, 9.17) is 4.52 Å². The number of halogens is 3. The molecule has 2 aromatic heterocycles. The van der Waals surface area contributed by atoms with Crippen LogP contribution >= 0.6 is 0 Å². The zero-order valence-corrected chi connectivity index (χ0v) is 12.3. The van der Waals surface area contributed by atoms with E-state index < -0.39 is 11.7 Å². The van der Waals surface area contributed by atoms with Crippen molar-refractivity contribution in [2.75, 3.05) is 0 Å². The van der Waals surface area contributed by atoms with Crippen LogP contribution in [0.15, 0.2) is 28.8 Å². The molecular formula is C14H12F3N5O. The Kier molecular flexibility index (Phi) is 3.63. The number of benzene rings is 1. The second-order valence-corrected chi connectivity index (χ2v) is 4.84. The first kappa shape index (κ1) is 15.2. The monoisotopic (exact) mass is 323 g/mol. The lowest BCUT2D eigenvalue weighted by Gasteiger charge is -2.05. The van der Waals surface area contributed by atoms with Crippen molar-refractivity contribution >= 4 is 0 Å². The molecule has 0 N–H and O–H groups in total. The number of hydrogen-bond acceptors (Lipinski definition) is 5. The van der Waals surface area contributed by atoms with Gasteiger partial charge >= 0.3 is 6.18 Å². The van der Waals surface area contributed by atoms with E-state index in [0.29, 0.717) is 23.5 Å². The smallest absolute Gasteiger partial charge is 0.332 e. The maximum absolute atomic E-state index is 12.6. The molecule has 2 heterocycles. The summed E-state index contributed by atoms with van der Waals surface area (Å²) in [6, 6.07) is 4.57. The number of aromatic nitrogens is 5.